The van der Waals surface area contributed by atoms with Crippen LogP contribution in [-0.2, 0) is 4.79 Å². The van der Waals surface area contributed by atoms with Crippen molar-refractivity contribution >= 4 is 5.91 Å². The predicted molar refractivity (Wildman–Crippen MR) is 64.6 cm³/mol. The molecule has 0 bridgehead atoms. The molecule has 1 aliphatic rings. The maximum atomic E-state index is 11.8. The van der Waals surface area contributed by atoms with E-state index in [1.54, 1.807) is 0 Å². The number of rotatable bonds is 6. The molecule has 0 aromatic carbocycles. The summed E-state index contributed by atoms with van der Waals surface area (Å²) in [6.07, 6.45) is 0.507. The average molecular weight is 245 g/mol. The van der Waals surface area contributed by atoms with Gasteiger partial charge in [-0.3, -0.25) is 9.69 Å². The van der Waals surface area contributed by atoms with Gasteiger partial charge in [0.25, 0.3) is 0 Å². The van der Waals surface area contributed by atoms with Crippen LogP contribution >= 0.6 is 0 Å². The van der Waals surface area contributed by atoms with Gasteiger partial charge in [0.05, 0.1) is 25.3 Å². The quantitative estimate of drug-likeness (QED) is 0.441. The number of carbonyl (C=O) groups excluding carboxylic acids is 1. The minimum atomic E-state index is -0.884. The smallest absolute Gasteiger partial charge is 0.234 e. The fourth-order valence-electron chi connectivity index (χ4n) is 1.85. The van der Waals surface area contributed by atoms with Crippen LogP contribution in [-0.4, -0.2) is 72.5 Å². The van der Waals surface area contributed by atoms with Gasteiger partial charge in [-0.25, -0.2) is 0 Å². The third-order valence-electron chi connectivity index (χ3n) is 3.26. The molecule has 1 fully saturated rings. The van der Waals surface area contributed by atoms with E-state index in [1.165, 1.54) is 0 Å². The van der Waals surface area contributed by atoms with E-state index in [2.05, 4.69) is 15.5 Å². The lowest BCUT2D eigenvalue weighted by Crippen LogP contribution is -2.57. The van der Waals surface area contributed by atoms with Gasteiger partial charge in [0, 0.05) is 26.2 Å². The number of aliphatic hydroxyl groups is 2. The molecule has 0 unspecified atom stereocenters. The first-order valence-electron chi connectivity index (χ1n) is 6.11. The largest absolute Gasteiger partial charge is 0.394 e. The van der Waals surface area contributed by atoms with Gasteiger partial charge in [0.1, 0.15) is 0 Å². The van der Waals surface area contributed by atoms with E-state index in [4.69, 9.17) is 0 Å². The van der Waals surface area contributed by atoms with E-state index in [1.807, 2.05) is 6.92 Å². The van der Waals surface area contributed by atoms with Crippen molar-refractivity contribution in [2.45, 2.75) is 18.9 Å². The number of hydrogen-bond donors (Lipinski definition) is 4. The summed E-state index contributed by atoms with van der Waals surface area (Å²) < 4.78 is 0. The van der Waals surface area contributed by atoms with Crippen molar-refractivity contribution in [2.24, 2.45) is 0 Å². The molecule has 4 N–H and O–H groups in total. The summed E-state index contributed by atoms with van der Waals surface area (Å²) >= 11 is 0. The Morgan fingerprint density at radius 1 is 1.35 bits per heavy atom. The molecule has 0 radical (unpaired) electrons. The highest BCUT2D eigenvalue weighted by atomic mass is 16.3. The van der Waals surface area contributed by atoms with Gasteiger partial charge in [-0.2, -0.15) is 0 Å². The van der Waals surface area contributed by atoms with Crippen molar-refractivity contribution in [1.82, 2.24) is 15.5 Å². The number of hydrogen-bond acceptors (Lipinski definition) is 5. The summed E-state index contributed by atoms with van der Waals surface area (Å²) in [4.78, 5) is 13.9. The highest BCUT2D eigenvalue weighted by Crippen LogP contribution is 2.08. The van der Waals surface area contributed by atoms with Gasteiger partial charge < -0.3 is 20.8 Å². The van der Waals surface area contributed by atoms with E-state index < -0.39 is 5.54 Å². The van der Waals surface area contributed by atoms with E-state index >= 15 is 0 Å². The molecule has 0 aromatic heterocycles. The fourth-order valence-corrected chi connectivity index (χ4v) is 1.85. The van der Waals surface area contributed by atoms with Crippen molar-refractivity contribution < 1.29 is 15.0 Å². The molecular formula is C11H23N3O3. The maximum absolute atomic E-state index is 11.8. The second-order valence-corrected chi connectivity index (χ2v) is 4.52. The first kappa shape index (κ1) is 14.4. The zero-order valence-corrected chi connectivity index (χ0v) is 10.4. The minimum Gasteiger partial charge on any atom is -0.394 e. The molecule has 0 spiro atoms. The third kappa shape index (κ3) is 4.23. The number of aliphatic hydroxyl groups excluding tert-OH is 2. The fraction of sp³-hybridized carbons (Fsp3) is 0.909. The molecule has 1 amide bonds. The molecule has 0 aliphatic carbocycles. The van der Waals surface area contributed by atoms with Crippen LogP contribution in [0.15, 0.2) is 0 Å². The molecule has 1 saturated heterocycles. The SMILES string of the molecule is CCC(CO)(CO)NC(=O)CN1CCNCC1. The minimum absolute atomic E-state index is 0.142. The standard InChI is InChI=1S/C11H23N3O3/c1-2-11(8-15,9-16)13-10(17)7-14-5-3-12-4-6-14/h12,15-16H,2-9H2,1H3,(H,13,17). The molecule has 6 heteroatoms. The highest BCUT2D eigenvalue weighted by molar-refractivity contribution is 5.79. The second kappa shape index (κ2) is 6.90. The van der Waals surface area contributed by atoms with Crippen LogP contribution in [0.4, 0.5) is 0 Å². The Balaban J connectivity index is 2.41. The van der Waals surface area contributed by atoms with Crippen LogP contribution in [0.1, 0.15) is 13.3 Å². The van der Waals surface area contributed by atoms with Crippen molar-refractivity contribution in [1.29, 1.82) is 0 Å². The maximum Gasteiger partial charge on any atom is 0.234 e. The normalized spacial score (nSPS) is 18.1. The molecule has 1 rings (SSSR count). The Labute approximate surface area is 102 Å². The molecule has 6 nitrogen and oxygen atoms in total. The average Bonchev–Trinajstić information content (AvgIpc) is 2.37. The van der Waals surface area contributed by atoms with Crippen molar-refractivity contribution in [3.63, 3.8) is 0 Å². The van der Waals surface area contributed by atoms with E-state index in [9.17, 15) is 15.0 Å². The first-order chi connectivity index (χ1) is 8.15. The topological polar surface area (TPSA) is 84.8 Å². The van der Waals surface area contributed by atoms with Crippen molar-refractivity contribution in [2.75, 3.05) is 45.9 Å². The molecule has 100 valence electrons. The monoisotopic (exact) mass is 245 g/mol. The molecule has 0 atom stereocenters. The zero-order chi connectivity index (χ0) is 12.7. The third-order valence-corrected chi connectivity index (χ3v) is 3.26. The number of nitrogens with one attached hydrogen (secondary N) is 2. The van der Waals surface area contributed by atoms with Gasteiger partial charge in [0.15, 0.2) is 0 Å². The van der Waals surface area contributed by atoms with Crippen LogP contribution in [0.2, 0.25) is 0 Å². The van der Waals surface area contributed by atoms with Gasteiger partial charge in [-0.1, -0.05) is 6.92 Å². The lowest BCUT2D eigenvalue weighted by Gasteiger charge is -2.32. The molecule has 1 heterocycles. The van der Waals surface area contributed by atoms with Crippen LogP contribution < -0.4 is 10.6 Å². The van der Waals surface area contributed by atoms with Crippen LogP contribution in [0.5, 0.6) is 0 Å². The number of amides is 1. The van der Waals surface area contributed by atoms with Crippen LogP contribution in [0, 0.1) is 0 Å². The summed E-state index contributed by atoms with van der Waals surface area (Å²) in [5.74, 6) is -0.142. The van der Waals surface area contributed by atoms with Crippen LogP contribution in [0.25, 0.3) is 0 Å². The van der Waals surface area contributed by atoms with E-state index in [-0.39, 0.29) is 19.1 Å². The van der Waals surface area contributed by atoms with Gasteiger partial charge in [0.2, 0.25) is 5.91 Å². The molecule has 1 aliphatic heterocycles. The molecule has 17 heavy (non-hydrogen) atoms. The Kier molecular flexibility index (Phi) is 5.84. The summed E-state index contributed by atoms with van der Waals surface area (Å²) in [7, 11) is 0. The van der Waals surface area contributed by atoms with E-state index in [0.29, 0.717) is 13.0 Å². The first-order valence-corrected chi connectivity index (χ1v) is 6.11. The zero-order valence-electron chi connectivity index (χ0n) is 10.4. The van der Waals surface area contributed by atoms with Gasteiger partial charge in [-0.05, 0) is 6.42 Å². The summed E-state index contributed by atoms with van der Waals surface area (Å²) in [6, 6.07) is 0. The lowest BCUT2D eigenvalue weighted by atomic mass is 9.98. The van der Waals surface area contributed by atoms with E-state index in [0.717, 1.165) is 26.2 Å². The van der Waals surface area contributed by atoms with Gasteiger partial charge >= 0.3 is 0 Å². The summed E-state index contributed by atoms with van der Waals surface area (Å²) in [5.41, 5.74) is -0.884. The lowest BCUT2D eigenvalue weighted by molar-refractivity contribution is -0.125. The highest BCUT2D eigenvalue weighted by Gasteiger charge is 2.29. The Bertz CT molecular complexity index is 230. The number of piperazine rings is 1. The molecular weight excluding hydrogens is 222 g/mol. The Morgan fingerprint density at radius 2 is 1.94 bits per heavy atom. The molecule has 0 aromatic rings. The second-order valence-electron chi connectivity index (χ2n) is 4.52. The molecule has 0 saturated carbocycles. The van der Waals surface area contributed by atoms with Gasteiger partial charge in [-0.15, -0.1) is 0 Å². The summed E-state index contributed by atoms with van der Waals surface area (Å²) in [6.45, 7) is 5.16. The van der Waals surface area contributed by atoms with Crippen molar-refractivity contribution in [3.05, 3.63) is 0 Å². The van der Waals surface area contributed by atoms with Crippen LogP contribution in [0.3, 0.4) is 0 Å². The summed E-state index contributed by atoms with van der Waals surface area (Å²) in [5, 5.41) is 24.4. The predicted octanol–water partition coefficient (Wildman–Crippen LogP) is -1.86. The van der Waals surface area contributed by atoms with Crippen molar-refractivity contribution in [3.8, 4) is 0 Å². The Hall–Kier alpha value is -0.690. The number of carbonyl (C=O) groups is 1. The number of nitrogens with zero attached hydrogens (tertiary/aromatic N) is 1. The Morgan fingerprint density at radius 3 is 2.41 bits per heavy atom.